The molecule has 0 aliphatic heterocycles. The van der Waals surface area contributed by atoms with E-state index in [0.717, 1.165) is 62.7 Å². The minimum Gasteiger partial charge on any atom is -0.497 e. The van der Waals surface area contributed by atoms with Crippen LogP contribution in [0.1, 0.15) is 118 Å². The van der Waals surface area contributed by atoms with Gasteiger partial charge in [0, 0.05) is 23.5 Å². The van der Waals surface area contributed by atoms with Gasteiger partial charge in [-0.05, 0) is 133 Å². The molecule has 55 heavy (non-hydrogen) atoms. The molecule has 10 unspecified atom stereocenters. The molecule has 1 aromatic carbocycles. The molecule has 0 saturated heterocycles. The van der Waals surface area contributed by atoms with Crippen LogP contribution in [0.25, 0.3) is 0 Å². The number of carboxylic acids is 1. The molecule has 0 spiro atoms. The predicted octanol–water partition coefficient (Wildman–Crippen LogP) is 8.99. The maximum atomic E-state index is 14.2. The van der Waals surface area contributed by atoms with Crippen LogP contribution >= 0.6 is 0 Å². The van der Waals surface area contributed by atoms with E-state index >= 15 is 0 Å². The highest BCUT2D eigenvalue weighted by Gasteiger charge is 2.70. The van der Waals surface area contributed by atoms with E-state index < -0.39 is 11.4 Å². The molecule has 0 radical (unpaired) electrons. The third-order valence-electron chi connectivity index (χ3n) is 16.4. The van der Waals surface area contributed by atoms with Crippen molar-refractivity contribution in [3.05, 3.63) is 77.6 Å². The summed E-state index contributed by atoms with van der Waals surface area (Å²) >= 11 is 0. The van der Waals surface area contributed by atoms with Crippen molar-refractivity contribution in [3.63, 3.8) is 0 Å². The van der Waals surface area contributed by atoms with Gasteiger partial charge in [-0.15, -0.1) is 6.58 Å². The number of ketones is 3. The van der Waals surface area contributed by atoms with Crippen LogP contribution in [0.5, 0.6) is 5.75 Å². The first-order valence-electron chi connectivity index (χ1n) is 20.2. The number of aliphatic hydroxyl groups excluding tert-OH is 1. The van der Waals surface area contributed by atoms with E-state index in [1.807, 2.05) is 25.1 Å². The fourth-order valence-corrected chi connectivity index (χ4v) is 12.6. The fraction of sp³-hybridized carbons (Fsp3) is 0.617. The minimum absolute atomic E-state index is 0.0296. The van der Waals surface area contributed by atoms with Crippen molar-refractivity contribution in [2.45, 2.75) is 118 Å². The first kappa shape index (κ1) is 40.9. The lowest BCUT2D eigenvalue weighted by Gasteiger charge is -2.70. The van der Waals surface area contributed by atoms with Gasteiger partial charge in [-0.25, -0.2) is 0 Å². The summed E-state index contributed by atoms with van der Waals surface area (Å²) in [5, 5.41) is 20.9. The molecule has 298 valence electrons. The van der Waals surface area contributed by atoms with Crippen LogP contribution in [0, 0.1) is 50.2 Å². The smallest absolute Gasteiger partial charge is 0.309 e. The Morgan fingerprint density at radius 2 is 1.49 bits per heavy atom. The van der Waals surface area contributed by atoms with Crippen LogP contribution in [-0.2, 0) is 23.9 Å². The third-order valence-corrected chi connectivity index (χ3v) is 16.4. The number of allylic oxidation sites excluding steroid dienone is 6. The number of hydrogen-bond donors (Lipinski definition) is 2. The summed E-state index contributed by atoms with van der Waals surface area (Å²) < 4.78 is 9.98. The van der Waals surface area contributed by atoms with Crippen LogP contribution in [0.4, 0.5) is 0 Å². The standard InChI is InChI=1S/C30H46O4.C17H16O4/c1-25(2)21-8-11-30(7)23(28(21,5)10-9-22(25)32)20(31)16-18-19-17-27(4,24(33)34)13-12-26(19,3)14-15-29(18,30)6;1-4-13(11-5-7-12(20-2)8-6-11)14-9-16(19)17(21-3)10-15(14)18/h16,19,21-23,32H,8-15,17H2,1-7H3,(H,33,34);4-10,13H,1H2,2-3H3. The van der Waals surface area contributed by atoms with Crippen molar-refractivity contribution >= 4 is 23.3 Å². The van der Waals surface area contributed by atoms with Gasteiger partial charge >= 0.3 is 5.97 Å². The van der Waals surface area contributed by atoms with Crippen molar-refractivity contribution < 1.29 is 38.9 Å². The maximum absolute atomic E-state index is 14.2. The number of carboxylic acid groups (broad SMARTS) is 1. The number of aliphatic carboxylic acids is 1. The van der Waals surface area contributed by atoms with Crippen LogP contribution in [0.15, 0.2) is 72.1 Å². The number of carbonyl (C=O) groups excluding carboxylic acids is 3. The second-order valence-electron chi connectivity index (χ2n) is 19.5. The van der Waals surface area contributed by atoms with E-state index in [2.05, 4.69) is 48.1 Å². The molecule has 2 N–H and O–H groups in total. The van der Waals surface area contributed by atoms with Crippen LogP contribution < -0.4 is 4.74 Å². The minimum atomic E-state index is -0.711. The van der Waals surface area contributed by atoms with E-state index in [0.29, 0.717) is 17.9 Å². The Balaban J connectivity index is 0.000000211. The zero-order valence-electron chi connectivity index (χ0n) is 34.4. The average molecular weight is 755 g/mol. The second kappa shape index (κ2) is 14.0. The van der Waals surface area contributed by atoms with Gasteiger partial charge in [-0.2, -0.15) is 0 Å². The normalized spacial score (nSPS) is 39.5. The summed E-state index contributed by atoms with van der Waals surface area (Å²) in [6.07, 6.45) is 14.1. The van der Waals surface area contributed by atoms with E-state index in [9.17, 15) is 29.4 Å². The number of rotatable bonds is 6. The Labute approximate surface area is 327 Å². The van der Waals surface area contributed by atoms with Crippen molar-refractivity contribution in [2.75, 3.05) is 14.2 Å². The summed E-state index contributed by atoms with van der Waals surface area (Å²) in [4.78, 5) is 50.4. The van der Waals surface area contributed by atoms with Gasteiger partial charge in [0.15, 0.2) is 17.3 Å². The largest absolute Gasteiger partial charge is 0.497 e. The van der Waals surface area contributed by atoms with E-state index in [4.69, 9.17) is 9.47 Å². The SMILES string of the molecule is C=CC(C1=CC(=O)C(OC)=CC1=O)c1ccc(OC)cc1.CC1(C(=O)O)CCC2(C)CCC3(C)C(=CC(=O)C4C5(C)CCC(O)C(C)(C)C5CCC43C)C2C1. The average Bonchev–Trinajstić information content (AvgIpc) is 3.13. The van der Waals surface area contributed by atoms with Crippen molar-refractivity contribution in [1.82, 2.24) is 0 Å². The first-order chi connectivity index (χ1) is 25.7. The Bertz CT molecular complexity index is 1870. The summed E-state index contributed by atoms with van der Waals surface area (Å²) in [5.41, 5.74) is 1.40. The Hall–Kier alpha value is -3.78. The highest BCUT2D eigenvalue weighted by atomic mass is 16.5. The first-order valence-corrected chi connectivity index (χ1v) is 20.2. The summed E-state index contributed by atoms with van der Waals surface area (Å²) in [6.45, 7) is 19.6. The number of ether oxygens (including phenoxy) is 2. The fourth-order valence-electron chi connectivity index (χ4n) is 12.6. The van der Waals surface area contributed by atoms with Gasteiger partial charge < -0.3 is 19.7 Å². The zero-order chi connectivity index (χ0) is 40.5. The number of methoxy groups -OCH3 is 2. The second-order valence-corrected chi connectivity index (χ2v) is 19.5. The maximum Gasteiger partial charge on any atom is 0.309 e. The Kier molecular flexibility index (Phi) is 10.4. The molecule has 0 aromatic heterocycles. The van der Waals surface area contributed by atoms with Gasteiger partial charge in [0.25, 0.3) is 0 Å². The predicted molar refractivity (Wildman–Crippen MR) is 212 cm³/mol. The van der Waals surface area contributed by atoms with E-state index in [1.54, 1.807) is 25.3 Å². The molecule has 6 aliphatic carbocycles. The lowest BCUT2D eigenvalue weighted by Crippen LogP contribution is -2.66. The third kappa shape index (κ3) is 6.29. The van der Waals surface area contributed by atoms with Crippen LogP contribution in [-0.4, -0.2) is 53.9 Å². The molecule has 4 saturated carbocycles. The highest BCUT2D eigenvalue weighted by molar-refractivity contribution is 6.19. The molecule has 4 fully saturated rings. The molecule has 0 heterocycles. The van der Waals surface area contributed by atoms with Gasteiger partial charge in [-0.1, -0.05) is 65.3 Å². The van der Waals surface area contributed by atoms with Crippen molar-refractivity contribution in [2.24, 2.45) is 50.2 Å². The number of fused-ring (bicyclic) bond motifs is 7. The lowest BCUT2D eigenvalue weighted by atomic mass is 9.33. The van der Waals surface area contributed by atoms with Crippen molar-refractivity contribution in [3.8, 4) is 5.75 Å². The molecular weight excluding hydrogens is 693 g/mol. The summed E-state index contributed by atoms with van der Waals surface area (Å²) in [7, 11) is 2.95. The van der Waals surface area contributed by atoms with Crippen LogP contribution in [0.3, 0.4) is 0 Å². The number of hydrogen-bond acceptors (Lipinski definition) is 7. The summed E-state index contributed by atoms with van der Waals surface area (Å²) in [5.74, 6) is -0.0591. The Morgan fingerprint density at radius 3 is 2.09 bits per heavy atom. The number of benzene rings is 1. The molecule has 6 aliphatic rings. The molecule has 1 aromatic rings. The topological polar surface area (TPSA) is 127 Å². The lowest BCUT2D eigenvalue weighted by molar-refractivity contribution is -0.202. The van der Waals surface area contributed by atoms with Crippen molar-refractivity contribution in [1.29, 1.82) is 0 Å². The molecule has 10 atom stereocenters. The quantitative estimate of drug-likeness (QED) is 0.218. The van der Waals surface area contributed by atoms with E-state index in [-0.39, 0.29) is 74.0 Å². The van der Waals surface area contributed by atoms with Gasteiger partial charge in [-0.3, -0.25) is 19.2 Å². The highest BCUT2D eigenvalue weighted by Crippen LogP contribution is 2.75. The molecule has 8 heteroatoms. The molecule has 0 amide bonds. The van der Waals surface area contributed by atoms with Gasteiger partial charge in [0.1, 0.15) is 5.75 Å². The molecule has 7 rings (SSSR count). The Morgan fingerprint density at radius 1 is 0.836 bits per heavy atom. The monoisotopic (exact) mass is 754 g/mol. The summed E-state index contributed by atoms with van der Waals surface area (Å²) in [6, 6.07) is 7.30. The van der Waals surface area contributed by atoms with Crippen LogP contribution in [0.2, 0.25) is 0 Å². The van der Waals surface area contributed by atoms with E-state index in [1.165, 1.54) is 24.8 Å². The molecule has 8 nitrogen and oxygen atoms in total. The zero-order valence-corrected chi connectivity index (χ0v) is 34.4. The molecular formula is C47H62O8. The van der Waals surface area contributed by atoms with Gasteiger partial charge in [0.2, 0.25) is 5.78 Å². The molecule has 0 bridgehead atoms. The van der Waals surface area contributed by atoms with Gasteiger partial charge in [0.05, 0.1) is 25.7 Å². The number of aliphatic hydroxyl groups is 1. The number of carbonyl (C=O) groups is 4.